The third-order valence-electron chi connectivity index (χ3n) is 8.78. The minimum atomic E-state index is -4.46. The van der Waals surface area contributed by atoms with Gasteiger partial charge in [-0.25, -0.2) is 0 Å². The van der Waals surface area contributed by atoms with Crippen molar-refractivity contribution in [2.45, 2.75) is 56.4 Å². The van der Waals surface area contributed by atoms with E-state index in [0.717, 1.165) is 42.6 Å². The zero-order valence-electron chi connectivity index (χ0n) is 22.0. The Morgan fingerprint density at radius 3 is 2.30 bits per heavy atom. The fourth-order valence-electron chi connectivity index (χ4n) is 6.84. The van der Waals surface area contributed by atoms with Crippen LogP contribution in [-0.4, -0.2) is 29.3 Å². The summed E-state index contributed by atoms with van der Waals surface area (Å²) < 4.78 is 38.9. The quantitative estimate of drug-likeness (QED) is 0.380. The molecule has 208 valence electrons. The van der Waals surface area contributed by atoms with Crippen molar-refractivity contribution in [3.05, 3.63) is 101 Å². The highest BCUT2D eigenvalue weighted by molar-refractivity contribution is 5.95. The van der Waals surface area contributed by atoms with Gasteiger partial charge in [0.15, 0.2) is 0 Å². The highest BCUT2D eigenvalue weighted by atomic mass is 19.4. The first-order valence-corrected chi connectivity index (χ1v) is 14.0. The highest BCUT2D eigenvalue weighted by Gasteiger charge is 2.48. The second kappa shape index (κ2) is 10.6. The summed E-state index contributed by atoms with van der Waals surface area (Å²) in [6.07, 6.45) is -0.475. The number of hydrogen-bond donors (Lipinski definition) is 2. The van der Waals surface area contributed by atoms with Crippen LogP contribution in [0.3, 0.4) is 0 Å². The fourth-order valence-corrected chi connectivity index (χ4v) is 6.84. The van der Waals surface area contributed by atoms with Crippen LogP contribution in [0.25, 0.3) is 0 Å². The van der Waals surface area contributed by atoms with Crippen molar-refractivity contribution in [3.8, 4) is 0 Å². The predicted octanol–water partition coefficient (Wildman–Crippen LogP) is 6.75. The van der Waals surface area contributed by atoms with Crippen LogP contribution in [0.1, 0.15) is 71.2 Å². The monoisotopic (exact) mass is 547 g/mol. The molecule has 6 rings (SSSR count). The Labute approximate surface area is 231 Å². The van der Waals surface area contributed by atoms with Gasteiger partial charge < -0.3 is 15.5 Å². The molecule has 5 atom stereocenters. The first-order valence-electron chi connectivity index (χ1n) is 14.0. The van der Waals surface area contributed by atoms with Crippen LogP contribution in [0, 0.1) is 11.8 Å². The number of nitrogens with one attached hydrogen (secondary N) is 2. The van der Waals surface area contributed by atoms with Gasteiger partial charge in [0.2, 0.25) is 5.91 Å². The second-order valence-electron chi connectivity index (χ2n) is 11.1. The summed E-state index contributed by atoms with van der Waals surface area (Å²) in [5.74, 6) is -0.560. The molecule has 5 nitrogen and oxygen atoms in total. The second-order valence-corrected chi connectivity index (χ2v) is 11.1. The third kappa shape index (κ3) is 4.95. The van der Waals surface area contributed by atoms with Crippen LogP contribution in [-0.2, 0) is 11.0 Å². The van der Waals surface area contributed by atoms with Crippen molar-refractivity contribution in [1.29, 1.82) is 0 Å². The minimum absolute atomic E-state index is 0.0495. The number of amides is 2. The Morgan fingerprint density at radius 2 is 1.55 bits per heavy atom. The van der Waals surface area contributed by atoms with E-state index in [2.05, 4.69) is 34.9 Å². The topological polar surface area (TPSA) is 61.4 Å². The predicted molar refractivity (Wildman–Crippen MR) is 146 cm³/mol. The molecule has 2 aliphatic heterocycles. The summed E-state index contributed by atoms with van der Waals surface area (Å²) in [5.41, 5.74) is 2.71. The lowest BCUT2D eigenvalue weighted by molar-refractivity contribution is -0.139. The Kier molecular flexibility index (Phi) is 7.02. The van der Waals surface area contributed by atoms with E-state index in [1.165, 1.54) is 17.7 Å². The van der Waals surface area contributed by atoms with E-state index in [1.54, 1.807) is 0 Å². The van der Waals surface area contributed by atoms with Gasteiger partial charge in [0, 0.05) is 29.8 Å². The van der Waals surface area contributed by atoms with E-state index in [9.17, 15) is 22.8 Å². The molecule has 0 aromatic heterocycles. The smallest absolute Gasteiger partial charge is 0.378 e. The molecule has 3 aromatic rings. The van der Waals surface area contributed by atoms with Gasteiger partial charge in [-0.15, -0.1) is 0 Å². The molecular formula is C32H32F3N3O2. The average molecular weight is 548 g/mol. The van der Waals surface area contributed by atoms with Gasteiger partial charge in [0.05, 0.1) is 23.6 Å². The van der Waals surface area contributed by atoms with Gasteiger partial charge in [-0.2, -0.15) is 13.2 Å². The van der Waals surface area contributed by atoms with Crippen molar-refractivity contribution >= 4 is 17.5 Å². The van der Waals surface area contributed by atoms with Gasteiger partial charge in [-0.05, 0) is 60.7 Å². The molecule has 0 unspecified atom stereocenters. The lowest BCUT2D eigenvalue weighted by atomic mass is 9.79. The van der Waals surface area contributed by atoms with Crippen LogP contribution in [0.15, 0.2) is 78.9 Å². The maximum absolute atomic E-state index is 14.2. The maximum Gasteiger partial charge on any atom is 0.416 e. The summed E-state index contributed by atoms with van der Waals surface area (Å²) in [7, 11) is 0. The number of benzene rings is 3. The molecule has 1 aliphatic carbocycles. The largest absolute Gasteiger partial charge is 0.416 e. The van der Waals surface area contributed by atoms with Gasteiger partial charge >= 0.3 is 6.18 Å². The van der Waals surface area contributed by atoms with Crippen LogP contribution in [0.2, 0.25) is 0 Å². The number of hydrogen-bond acceptors (Lipinski definition) is 3. The van der Waals surface area contributed by atoms with Crippen molar-refractivity contribution in [2.75, 3.05) is 11.9 Å². The normalized spacial score (nSPS) is 25.9. The van der Waals surface area contributed by atoms with Gasteiger partial charge in [0.25, 0.3) is 5.91 Å². The molecule has 0 radical (unpaired) electrons. The van der Waals surface area contributed by atoms with Crippen molar-refractivity contribution in [2.24, 2.45) is 11.8 Å². The van der Waals surface area contributed by atoms with E-state index in [1.807, 2.05) is 35.2 Å². The Hall–Kier alpha value is -3.81. The number of para-hydroxylation sites is 1. The minimum Gasteiger partial charge on any atom is -0.378 e. The molecule has 0 spiro atoms. The van der Waals surface area contributed by atoms with Gasteiger partial charge in [-0.3, -0.25) is 9.59 Å². The Morgan fingerprint density at radius 1 is 0.850 bits per heavy atom. The SMILES string of the molecule is O=C(N[C@@H]1CCCC[C@@H]1C(=O)N1CC[C@@H]2[C@H](c3ccccc3)Nc3ccccc3[C@@H]21)c1ccc(C(F)(F)F)cc1. The number of anilines is 1. The molecule has 1 saturated heterocycles. The summed E-state index contributed by atoms with van der Waals surface area (Å²) in [6.45, 7) is 0.642. The van der Waals surface area contributed by atoms with Crippen molar-refractivity contribution < 1.29 is 22.8 Å². The van der Waals surface area contributed by atoms with E-state index in [0.29, 0.717) is 19.4 Å². The maximum atomic E-state index is 14.2. The van der Waals surface area contributed by atoms with Crippen LogP contribution >= 0.6 is 0 Å². The summed E-state index contributed by atoms with van der Waals surface area (Å²) in [6, 6.07) is 22.4. The number of likely N-dealkylation sites (tertiary alicyclic amines) is 1. The van der Waals surface area contributed by atoms with E-state index < -0.39 is 17.6 Å². The number of halogens is 3. The summed E-state index contributed by atoms with van der Waals surface area (Å²) >= 11 is 0. The highest BCUT2D eigenvalue weighted by Crippen LogP contribution is 2.51. The summed E-state index contributed by atoms with van der Waals surface area (Å²) in [5, 5.41) is 6.72. The van der Waals surface area contributed by atoms with Crippen LogP contribution in [0.5, 0.6) is 0 Å². The molecule has 2 heterocycles. The standard InChI is InChI=1S/C32H32F3N3O2/c33-32(34,35)22-16-14-21(15-17-22)30(39)37-27-13-7-5-11-24(27)31(40)38-19-18-25-28(20-8-2-1-3-9-20)36-26-12-6-4-10-23(26)29(25)38/h1-4,6,8-10,12,14-17,24-25,27-29,36H,5,7,11,13,18-19H2,(H,37,39)/t24-,25+,27+,28-,29-/m0/s1. The van der Waals surface area contributed by atoms with Crippen LogP contribution < -0.4 is 10.6 Å². The molecule has 2 fully saturated rings. The number of nitrogens with zero attached hydrogens (tertiary/aromatic N) is 1. The van der Waals surface area contributed by atoms with E-state index >= 15 is 0 Å². The van der Waals surface area contributed by atoms with Gasteiger partial charge in [-0.1, -0.05) is 61.4 Å². The molecule has 2 N–H and O–H groups in total. The zero-order chi connectivity index (χ0) is 27.9. The van der Waals surface area contributed by atoms with Gasteiger partial charge in [0.1, 0.15) is 0 Å². The first-order chi connectivity index (χ1) is 19.3. The first kappa shape index (κ1) is 26.4. The molecule has 0 bridgehead atoms. The lowest BCUT2D eigenvalue weighted by Gasteiger charge is -2.42. The average Bonchev–Trinajstić information content (AvgIpc) is 3.42. The number of alkyl halides is 3. The number of carbonyl (C=O) groups is 2. The van der Waals surface area contributed by atoms with Crippen molar-refractivity contribution in [3.63, 3.8) is 0 Å². The zero-order valence-corrected chi connectivity index (χ0v) is 22.0. The molecule has 3 aromatic carbocycles. The molecule has 1 saturated carbocycles. The van der Waals surface area contributed by atoms with Crippen molar-refractivity contribution in [1.82, 2.24) is 10.2 Å². The third-order valence-corrected chi connectivity index (χ3v) is 8.78. The molecule has 2 amide bonds. The molecule has 8 heteroatoms. The van der Waals surface area contributed by atoms with E-state index in [4.69, 9.17) is 0 Å². The number of rotatable bonds is 4. The molecular weight excluding hydrogens is 515 g/mol. The Balaban J connectivity index is 1.24. The number of carbonyl (C=O) groups excluding carboxylic acids is 2. The lowest BCUT2D eigenvalue weighted by Crippen LogP contribution is -2.50. The molecule has 3 aliphatic rings. The number of fused-ring (bicyclic) bond motifs is 3. The Bertz CT molecular complexity index is 1380. The van der Waals surface area contributed by atoms with E-state index in [-0.39, 0.29) is 41.4 Å². The molecule has 40 heavy (non-hydrogen) atoms. The summed E-state index contributed by atoms with van der Waals surface area (Å²) in [4.78, 5) is 29.3. The fraction of sp³-hybridized carbons (Fsp3) is 0.375. The van der Waals surface area contributed by atoms with Crippen LogP contribution in [0.4, 0.5) is 18.9 Å².